The predicted molar refractivity (Wildman–Crippen MR) is 54.0 cm³/mol. The molecule has 2 heterocycles. The van der Waals surface area contributed by atoms with Gasteiger partial charge in [0, 0.05) is 32.4 Å². The third-order valence-corrected chi connectivity index (χ3v) is 2.63. The molecule has 0 spiro atoms. The fraction of sp³-hybridized carbons (Fsp3) is 0.700. The van der Waals surface area contributed by atoms with Crippen molar-refractivity contribution in [3.05, 3.63) is 18.2 Å². The van der Waals surface area contributed by atoms with Crippen molar-refractivity contribution in [3.8, 4) is 0 Å². The highest BCUT2D eigenvalue weighted by atomic mass is 16.5. The molecule has 4 heteroatoms. The molecule has 78 valence electrons. The van der Waals surface area contributed by atoms with E-state index in [1.165, 1.54) is 5.69 Å². The molecule has 1 aromatic rings. The van der Waals surface area contributed by atoms with Crippen LogP contribution in [0.2, 0.25) is 0 Å². The second-order valence-electron chi connectivity index (χ2n) is 3.56. The Morgan fingerprint density at radius 1 is 1.43 bits per heavy atom. The molecule has 0 amide bonds. The van der Waals surface area contributed by atoms with Gasteiger partial charge in [-0.2, -0.15) is 0 Å². The van der Waals surface area contributed by atoms with Crippen molar-refractivity contribution in [2.45, 2.75) is 20.0 Å². The highest BCUT2D eigenvalue weighted by molar-refractivity contribution is 4.98. The third-order valence-electron chi connectivity index (χ3n) is 2.63. The van der Waals surface area contributed by atoms with Gasteiger partial charge in [0.25, 0.3) is 0 Å². The Labute approximate surface area is 84.5 Å². The molecule has 0 N–H and O–H groups in total. The van der Waals surface area contributed by atoms with Gasteiger partial charge >= 0.3 is 0 Å². The number of aromatic nitrogens is 2. The Kier molecular flexibility index (Phi) is 3.16. The van der Waals surface area contributed by atoms with E-state index in [1.54, 1.807) is 0 Å². The van der Waals surface area contributed by atoms with Crippen LogP contribution in [0.4, 0.5) is 0 Å². The summed E-state index contributed by atoms with van der Waals surface area (Å²) in [7, 11) is 0. The molecule has 1 aliphatic heterocycles. The summed E-state index contributed by atoms with van der Waals surface area (Å²) in [6.45, 7) is 7.94. The van der Waals surface area contributed by atoms with Crippen LogP contribution >= 0.6 is 0 Å². The Hall–Kier alpha value is -0.870. The van der Waals surface area contributed by atoms with Gasteiger partial charge < -0.3 is 9.30 Å². The van der Waals surface area contributed by atoms with Crippen molar-refractivity contribution in [3.63, 3.8) is 0 Å². The van der Waals surface area contributed by atoms with Crippen molar-refractivity contribution < 1.29 is 4.74 Å². The lowest BCUT2D eigenvalue weighted by molar-refractivity contribution is 0.0332. The van der Waals surface area contributed by atoms with Gasteiger partial charge in [0.05, 0.1) is 25.2 Å². The van der Waals surface area contributed by atoms with Crippen LogP contribution in [0.3, 0.4) is 0 Å². The molecule has 0 atom stereocenters. The monoisotopic (exact) mass is 195 g/mol. The van der Waals surface area contributed by atoms with E-state index in [9.17, 15) is 0 Å². The summed E-state index contributed by atoms with van der Waals surface area (Å²) in [6.07, 6.45) is 3.86. The summed E-state index contributed by atoms with van der Waals surface area (Å²) in [5, 5.41) is 0. The molecule has 1 aromatic heterocycles. The smallest absolute Gasteiger partial charge is 0.0948 e. The zero-order valence-corrected chi connectivity index (χ0v) is 8.65. The first-order chi connectivity index (χ1) is 6.90. The Morgan fingerprint density at radius 3 is 2.93 bits per heavy atom. The highest BCUT2D eigenvalue weighted by Crippen LogP contribution is 2.06. The summed E-state index contributed by atoms with van der Waals surface area (Å²) in [6, 6.07) is 0. The third kappa shape index (κ3) is 2.13. The first-order valence-corrected chi connectivity index (χ1v) is 5.19. The van der Waals surface area contributed by atoms with Gasteiger partial charge in [-0.3, -0.25) is 4.90 Å². The zero-order valence-electron chi connectivity index (χ0n) is 8.65. The van der Waals surface area contributed by atoms with E-state index in [1.807, 2.05) is 12.5 Å². The van der Waals surface area contributed by atoms with Crippen molar-refractivity contribution >= 4 is 0 Å². The lowest BCUT2D eigenvalue weighted by atomic mass is 10.3. The molecule has 4 nitrogen and oxygen atoms in total. The number of aryl methyl sites for hydroxylation is 1. The maximum Gasteiger partial charge on any atom is 0.0948 e. The van der Waals surface area contributed by atoms with Crippen molar-refractivity contribution in [1.82, 2.24) is 14.5 Å². The van der Waals surface area contributed by atoms with Gasteiger partial charge in [-0.05, 0) is 6.92 Å². The number of rotatable bonds is 3. The standard InChI is InChI=1S/C10H17N3O/c1-2-13-9-11-7-10(13)8-12-3-5-14-6-4-12/h7,9H,2-6,8H2,1H3. The number of hydrogen-bond acceptors (Lipinski definition) is 3. The van der Waals surface area contributed by atoms with Crippen LogP contribution in [-0.4, -0.2) is 40.8 Å². The lowest BCUT2D eigenvalue weighted by Crippen LogP contribution is -2.36. The molecule has 2 rings (SSSR count). The SMILES string of the molecule is CCn1cncc1CN1CCOCC1. The summed E-state index contributed by atoms with van der Waals surface area (Å²) < 4.78 is 7.50. The number of imidazole rings is 1. The fourth-order valence-corrected chi connectivity index (χ4v) is 1.75. The quantitative estimate of drug-likeness (QED) is 0.712. The second kappa shape index (κ2) is 4.57. The minimum absolute atomic E-state index is 0.861. The maximum absolute atomic E-state index is 5.31. The molecule has 1 aliphatic rings. The van der Waals surface area contributed by atoms with Crippen LogP contribution in [0.1, 0.15) is 12.6 Å². The van der Waals surface area contributed by atoms with Gasteiger partial charge in [0.15, 0.2) is 0 Å². The van der Waals surface area contributed by atoms with Gasteiger partial charge in [-0.1, -0.05) is 0 Å². The maximum atomic E-state index is 5.31. The van der Waals surface area contributed by atoms with E-state index in [-0.39, 0.29) is 0 Å². The molecule has 0 aliphatic carbocycles. The molecule has 0 unspecified atom stereocenters. The van der Waals surface area contributed by atoms with E-state index in [0.717, 1.165) is 39.4 Å². The van der Waals surface area contributed by atoms with Crippen molar-refractivity contribution in [1.29, 1.82) is 0 Å². The summed E-state index contributed by atoms with van der Waals surface area (Å²) in [5.41, 5.74) is 1.30. The van der Waals surface area contributed by atoms with E-state index < -0.39 is 0 Å². The number of ether oxygens (including phenoxy) is 1. The van der Waals surface area contributed by atoms with Crippen LogP contribution in [0.15, 0.2) is 12.5 Å². The normalized spacial score (nSPS) is 18.6. The lowest BCUT2D eigenvalue weighted by Gasteiger charge is -2.26. The van der Waals surface area contributed by atoms with E-state index in [0.29, 0.717) is 0 Å². The number of nitrogens with zero attached hydrogens (tertiary/aromatic N) is 3. The molecule has 0 bridgehead atoms. The van der Waals surface area contributed by atoms with Crippen LogP contribution in [0.25, 0.3) is 0 Å². The first kappa shape index (κ1) is 9.68. The Balaban J connectivity index is 1.95. The molecule has 0 radical (unpaired) electrons. The van der Waals surface area contributed by atoms with Gasteiger partial charge in [0.1, 0.15) is 0 Å². The topological polar surface area (TPSA) is 30.3 Å². The van der Waals surface area contributed by atoms with Crippen molar-refractivity contribution in [2.24, 2.45) is 0 Å². The van der Waals surface area contributed by atoms with E-state index in [2.05, 4.69) is 21.4 Å². The van der Waals surface area contributed by atoms with E-state index >= 15 is 0 Å². The Morgan fingerprint density at radius 2 is 2.21 bits per heavy atom. The van der Waals surface area contributed by atoms with E-state index in [4.69, 9.17) is 4.74 Å². The fourth-order valence-electron chi connectivity index (χ4n) is 1.75. The van der Waals surface area contributed by atoms with Crippen LogP contribution < -0.4 is 0 Å². The molecule has 0 aromatic carbocycles. The minimum atomic E-state index is 0.861. The molecule has 1 fully saturated rings. The largest absolute Gasteiger partial charge is 0.379 e. The van der Waals surface area contributed by atoms with Crippen LogP contribution in [0, 0.1) is 0 Å². The second-order valence-corrected chi connectivity index (χ2v) is 3.56. The summed E-state index contributed by atoms with van der Waals surface area (Å²) in [5.74, 6) is 0. The zero-order chi connectivity index (χ0) is 9.80. The highest BCUT2D eigenvalue weighted by Gasteiger charge is 2.12. The number of morpholine rings is 1. The predicted octanol–water partition coefficient (Wildman–Crippen LogP) is 0.735. The minimum Gasteiger partial charge on any atom is -0.379 e. The molecular weight excluding hydrogens is 178 g/mol. The van der Waals surface area contributed by atoms with Gasteiger partial charge in [-0.15, -0.1) is 0 Å². The van der Waals surface area contributed by atoms with Gasteiger partial charge in [0.2, 0.25) is 0 Å². The Bertz CT molecular complexity index is 279. The number of hydrogen-bond donors (Lipinski definition) is 0. The van der Waals surface area contributed by atoms with Crippen molar-refractivity contribution in [2.75, 3.05) is 26.3 Å². The summed E-state index contributed by atoms with van der Waals surface area (Å²) >= 11 is 0. The average Bonchev–Trinajstić information content (AvgIpc) is 2.67. The van der Waals surface area contributed by atoms with Crippen LogP contribution in [-0.2, 0) is 17.8 Å². The molecule has 0 saturated carbocycles. The first-order valence-electron chi connectivity index (χ1n) is 5.19. The molecule has 1 saturated heterocycles. The molecular formula is C10H17N3O. The van der Waals surface area contributed by atoms with Crippen LogP contribution in [0.5, 0.6) is 0 Å². The average molecular weight is 195 g/mol. The molecule has 14 heavy (non-hydrogen) atoms. The summed E-state index contributed by atoms with van der Waals surface area (Å²) in [4.78, 5) is 6.57. The van der Waals surface area contributed by atoms with Gasteiger partial charge in [-0.25, -0.2) is 4.98 Å².